The van der Waals surface area contributed by atoms with E-state index in [-0.39, 0.29) is 5.91 Å². The predicted octanol–water partition coefficient (Wildman–Crippen LogP) is 3.65. The first kappa shape index (κ1) is 14.7. The van der Waals surface area contributed by atoms with Gasteiger partial charge in [0.15, 0.2) is 11.5 Å². The van der Waals surface area contributed by atoms with Crippen molar-refractivity contribution in [3.8, 4) is 11.5 Å². The third kappa shape index (κ3) is 3.45. The maximum atomic E-state index is 12.0. The monoisotopic (exact) mass is 295 g/mol. The van der Waals surface area contributed by atoms with Crippen LogP contribution in [0, 0.1) is 5.92 Å². The maximum Gasteiger partial charge on any atom is 0.225 e. The van der Waals surface area contributed by atoms with E-state index in [9.17, 15) is 4.79 Å². The van der Waals surface area contributed by atoms with E-state index in [4.69, 9.17) is 21.1 Å². The quantitative estimate of drug-likeness (QED) is 0.844. The summed E-state index contributed by atoms with van der Waals surface area (Å²) in [6, 6.07) is 3.30. The van der Waals surface area contributed by atoms with E-state index < -0.39 is 0 Å². The highest BCUT2D eigenvalue weighted by Gasteiger charge is 2.16. The number of halogens is 1. The van der Waals surface area contributed by atoms with E-state index in [0.717, 1.165) is 12.8 Å². The molecule has 0 aliphatic heterocycles. The summed E-state index contributed by atoms with van der Waals surface area (Å²) in [7, 11) is 3.08. The van der Waals surface area contributed by atoms with E-state index in [0.29, 0.717) is 34.5 Å². The van der Waals surface area contributed by atoms with Gasteiger partial charge >= 0.3 is 0 Å². The molecule has 0 saturated heterocycles. The molecule has 0 bridgehead atoms. The number of carbonyl (C=O) groups is 1. The van der Waals surface area contributed by atoms with Crippen LogP contribution in [0.3, 0.4) is 0 Å². The fraction of sp³-hybridized carbons (Fsp3) is 0.400. The molecule has 20 heavy (non-hydrogen) atoms. The molecule has 0 saturated carbocycles. The predicted molar refractivity (Wildman–Crippen MR) is 79.7 cm³/mol. The molecule has 1 aromatic carbocycles. The van der Waals surface area contributed by atoms with Crippen LogP contribution in [0.15, 0.2) is 24.3 Å². The molecular formula is C15H18ClNO3. The number of hydrogen-bond donors (Lipinski definition) is 1. The highest BCUT2D eigenvalue weighted by atomic mass is 35.5. The summed E-state index contributed by atoms with van der Waals surface area (Å²) in [6.45, 7) is 0. The number of hydrogen-bond acceptors (Lipinski definition) is 3. The zero-order chi connectivity index (χ0) is 14.5. The first-order valence-electron chi connectivity index (χ1n) is 6.52. The molecule has 1 aliphatic carbocycles. The van der Waals surface area contributed by atoms with Gasteiger partial charge in [0.25, 0.3) is 0 Å². The Hall–Kier alpha value is -1.68. The smallest absolute Gasteiger partial charge is 0.225 e. The Morgan fingerprint density at radius 1 is 1.35 bits per heavy atom. The molecule has 5 heteroatoms. The molecule has 1 aliphatic rings. The van der Waals surface area contributed by atoms with Crippen LogP contribution in [0.25, 0.3) is 0 Å². The summed E-state index contributed by atoms with van der Waals surface area (Å²) in [5.41, 5.74) is 0.538. The molecule has 4 nitrogen and oxygen atoms in total. The highest BCUT2D eigenvalue weighted by molar-refractivity contribution is 6.34. The summed E-state index contributed by atoms with van der Waals surface area (Å²) in [5, 5.41) is 3.25. The van der Waals surface area contributed by atoms with Crippen LogP contribution in [0.2, 0.25) is 5.02 Å². The molecule has 0 aromatic heterocycles. The Kier molecular flexibility index (Phi) is 4.90. The van der Waals surface area contributed by atoms with E-state index in [2.05, 4.69) is 17.5 Å². The average Bonchev–Trinajstić information content (AvgIpc) is 2.93. The van der Waals surface area contributed by atoms with Crippen molar-refractivity contribution in [2.75, 3.05) is 19.5 Å². The van der Waals surface area contributed by atoms with Gasteiger partial charge in [-0.3, -0.25) is 4.79 Å². The fourth-order valence-electron chi connectivity index (χ4n) is 2.25. The molecule has 1 N–H and O–H groups in total. The molecule has 2 rings (SSSR count). The number of rotatable bonds is 5. The lowest BCUT2D eigenvalue weighted by Crippen LogP contribution is -2.15. The Bertz CT molecular complexity index is 528. The van der Waals surface area contributed by atoms with Gasteiger partial charge in [-0.15, -0.1) is 0 Å². The number of ether oxygens (including phenoxy) is 2. The summed E-state index contributed by atoms with van der Waals surface area (Å²) in [4.78, 5) is 12.0. The summed E-state index contributed by atoms with van der Waals surface area (Å²) >= 11 is 6.13. The number of carbonyl (C=O) groups excluding carboxylic acids is 1. The molecular weight excluding hydrogens is 278 g/mol. The number of amides is 1. The summed E-state index contributed by atoms with van der Waals surface area (Å²) in [5.74, 6) is 1.35. The molecule has 1 unspecified atom stereocenters. The average molecular weight is 296 g/mol. The topological polar surface area (TPSA) is 47.6 Å². The minimum Gasteiger partial charge on any atom is -0.493 e. The maximum absolute atomic E-state index is 12.0. The van der Waals surface area contributed by atoms with Gasteiger partial charge in [-0.1, -0.05) is 23.8 Å². The van der Waals surface area contributed by atoms with Gasteiger partial charge < -0.3 is 14.8 Å². The van der Waals surface area contributed by atoms with Crippen LogP contribution in [0.4, 0.5) is 5.69 Å². The van der Waals surface area contributed by atoms with Gasteiger partial charge in [0.05, 0.1) is 24.9 Å². The third-order valence-electron chi connectivity index (χ3n) is 3.31. The second-order valence-electron chi connectivity index (χ2n) is 4.70. The van der Waals surface area contributed by atoms with Crippen LogP contribution < -0.4 is 14.8 Å². The van der Waals surface area contributed by atoms with Crippen molar-refractivity contribution in [2.45, 2.75) is 19.3 Å². The SMILES string of the molecule is COc1cc(Cl)c(NC(=O)CC2C=CCC2)cc1OC. The lowest BCUT2D eigenvalue weighted by Gasteiger charge is -2.13. The Morgan fingerprint density at radius 3 is 2.65 bits per heavy atom. The number of benzene rings is 1. The van der Waals surface area contributed by atoms with Gasteiger partial charge in [-0.25, -0.2) is 0 Å². The van der Waals surface area contributed by atoms with Gasteiger partial charge in [0.2, 0.25) is 5.91 Å². The van der Waals surface area contributed by atoms with Crippen LogP contribution in [0.1, 0.15) is 19.3 Å². The van der Waals surface area contributed by atoms with Gasteiger partial charge in [0.1, 0.15) is 0 Å². The van der Waals surface area contributed by atoms with Crippen LogP contribution in [-0.4, -0.2) is 20.1 Å². The van der Waals surface area contributed by atoms with Crippen molar-refractivity contribution in [1.29, 1.82) is 0 Å². The first-order valence-corrected chi connectivity index (χ1v) is 6.90. The van der Waals surface area contributed by atoms with Crippen molar-refractivity contribution < 1.29 is 14.3 Å². The summed E-state index contributed by atoms with van der Waals surface area (Å²) < 4.78 is 10.4. The Morgan fingerprint density at radius 2 is 2.05 bits per heavy atom. The lowest BCUT2D eigenvalue weighted by molar-refractivity contribution is -0.116. The standard InChI is InChI=1S/C15H18ClNO3/c1-19-13-8-11(16)12(9-14(13)20-2)17-15(18)7-10-5-3-4-6-10/h3,5,8-10H,4,6-7H2,1-2H3,(H,17,18). The third-order valence-corrected chi connectivity index (χ3v) is 3.62. The molecule has 0 fully saturated rings. The molecule has 1 aromatic rings. The van der Waals surface area contributed by atoms with Crippen molar-refractivity contribution in [3.05, 3.63) is 29.3 Å². The largest absolute Gasteiger partial charge is 0.493 e. The number of nitrogens with one attached hydrogen (secondary N) is 1. The van der Waals surface area contributed by atoms with Crippen molar-refractivity contribution in [1.82, 2.24) is 0 Å². The first-order chi connectivity index (χ1) is 9.63. The fourth-order valence-corrected chi connectivity index (χ4v) is 2.46. The van der Waals surface area contributed by atoms with E-state index in [1.165, 1.54) is 0 Å². The van der Waals surface area contributed by atoms with Crippen LogP contribution in [-0.2, 0) is 4.79 Å². The van der Waals surface area contributed by atoms with Gasteiger partial charge in [0, 0.05) is 18.6 Å². The molecule has 0 radical (unpaired) electrons. The van der Waals surface area contributed by atoms with Crippen LogP contribution >= 0.6 is 11.6 Å². The van der Waals surface area contributed by atoms with Crippen molar-refractivity contribution >= 4 is 23.2 Å². The highest BCUT2D eigenvalue weighted by Crippen LogP contribution is 2.36. The minimum atomic E-state index is -0.0457. The molecule has 0 spiro atoms. The van der Waals surface area contributed by atoms with Crippen molar-refractivity contribution in [3.63, 3.8) is 0 Å². The second-order valence-corrected chi connectivity index (χ2v) is 5.11. The number of methoxy groups -OCH3 is 2. The second kappa shape index (κ2) is 6.66. The summed E-state index contributed by atoms with van der Waals surface area (Å²) in [6.07, 6.45) is 6.76. The number of allylic oxidation sites excluding steroid dienone is 2. The number of anilines is 1. The minimum absolute atomic E-state index is 0.0457. The Labute approximate surface area is 123 Å². The molecule has 1 atom stereocenters. The van der Waals surface area contributed by atoms with Gasteiger partial charge in [-0.2, -0.15) is 0 Å². The zero-order valence-corrected chi connectivity index (χ0v) is 12.4. The zero-order valence-electron chi connectivity index (χ0n) is 11.6. The van der Waals surface area contributed by atoms with E-state index in [1.807, 2.05) is 0 Å². The van der Waals surface area contributed by atoms with Crippen LogP contribution in [0.5, 0.6) is 11.5 Å². The molecule has 1 amide bonds. The normalized spacial score (nSPS) is 17.1. The van der Waals surface area contributed by atoms with Gasteiger partial charge in [-0.05, 0) is 18.8 Å². The van der Waals surface area contributed by atoms with E-state index in [1.54, 1.807) is 26.4 Å². The molecule has 108 valence electrons. The lowest BCUT2D eigenvalue weighted by atomic mass is 10.1. The Balaban J connectivity index is 2.08. The molecule has 0 heterocycles. The van der Waals surface area contributed by atoms with Crippen molar-refractivity contribution in [2.24, 2.45) is 5.92 Å². The van der Waals surface area contributed by atoms with E-state index >= 15 is 0 Å².